The second-order valence-corrected chi connectivity index (χ2v) is 8.67. The van der Waals surface area contributed by atoms with Crippen molar-refractivity contribution in [3.63, 3.8) is 0 Å². The summed E-state index contributed by atoms with van der Waals surface area (Å²) in [7, 11) is -2.28. The lowest BCUT2D eigenvalue weighted by Crippen LogP contribution is -2.20. The Labute approximate surface area is 186 Å². The maximum Gasteiger partial charge on any atom is 0.262 e. The number of hydrogen-bond donors (Lipinski definition) is 2. The molecule has 0 atom stereocenters. The number of ether oxygens (including phenoxy) is 2. The standard InChI is InChI=1S/C22H21ClN2O5S/c1-15-7-8-16(13-19(15)23)25-31(27,28)18-11-9-17(10-12-18)30-14-22(26)24-20-5-3-4-6-21(20)29-2/h3-13,25H,14H2,1-2H3,(H,24,26). The van der Waals surface area contributed by atoms with Crippen LogP contribution in [0.1, 0.15) is 5.56 Å². The van der Waals surface area contributed by atoms with Crippen LogP contribution in [0, 0.1) is 6.92 Å². The molecular formula is C22H21ClN2O5S. The number of rotatable bonds is 8. The van der Waals surface area contributed by atoms with E-state index in [1.54, 1.807) is 42.5 Å². The van der Waals surface area contributed by atoms with E-state index < -0.39 is 10.0 Å². The fraction of sp³-hybridized carbons (Fsp3) is 0.136. The van der Waals surface area contributed by atoms with Crippen molar-refractivity contribution in [2.24, 2.45) is 0 Å². The molecule has 0 unspecified atom stereocenters. The van der Waals surface area contributed by atoms with Crippen molar-refractivity contribution in [3.05, 3.63) is 77.3 Å². The lowest BCUT2D eigenvalue weighted by Gasteiger charge is -2.11. The number of benzene rings is 3. The minimum absolute atomic E-state index is 0.0509. The van der Waals surface area contributed by atoms with Gasteiger partial charge in [-0.1, -0.05) is 29.8 Å². The van der Waals surface area contributed by atoms with Crippen molar-refractivity contribution >= 4 is 38.9 Å². The van der Waals surface area contributed by atoms with Crippen LogP contribution in [-0.2, 0) is 14.8 Å². The molecule has 0 aliphatic rings. The van der Waals surface area contributed by atoms with Gasteiger partial charge >= 0.3 is 0 Å². The minimum atomic E-state index is -3.80. The Bertz CT molecular complexity index is 1180. The smallest absolute Gasteiger partial charge is 0.262 e. The van der Waals surface area contributed by atoms with Crippen LogP contribution in [0.4, 0.5) is 11.4 Å². The van der Waals surface area contributed by atoms with Crippen molar-refractivity contribution in [1.82, 2.24) is 0 Å². The largest absolute Gasteiger partial charge is 0.495 e. The maximum absolute atomic E-state index is 12.6. The number of hydrogen-bond acceptors (Lipinski definition) is 5. The summed E-state index contributed by atoms with van der Waals surface area (Å²) in [6.45, 7) is 1.58. The zero-order valence-corrected chi connectivity index (χ0v) is 18.5. The van der Waals surface area contributed by atoms with Crippen LogP contribution in [0.3, 0.4) is 0 Å². The lowest BCUT2D eigenvalue weighted by molar-refractivity contribution is -0.118. The van der Waals surface area contributed by atoms with E-state index in [1.807, 2.05) is 6.92 Å². The predicted molar refractivity (Wildman–Crippen MR) is 121 cm³/mol. The first-order valence-corrected chi connectivity index (χ1v) is 11.1. The average Bonchev–Trinajstić information content (AvgIpc) is 2.75. The first-order valence-electron chi connectivity index (χ1n) is 9.23. The van der Waals surface area contributed by atoms with Gasteiger partial charge in [0.15, 0.2) is 6.61 Å². The second-order valence-electron chi connectivity index (χ2n) is 6.58. The molecule has 0 aliphatic carbocycles. The van der Waals surface area contributed by atoms with Gasteiger partial charge < -0.3 is 14.8 Å². The summed E-state index contributed by atoms with van der Waals surface area (Å²) < 4.78 is 38.2. The summed E-state index contributed by atoms with van der Waals surface area (Å²) >= 11 is 6.05. The van der Waals surface area contributed by atoms with Gasteiger partial charge in [-0.25, -0.2) is 8.42 Å². The topological polar surface area (TPSA) is 93.7 Å². The highest BCUT2D eigenvalue weighted by molar-refractivity contribution is 7.92. The van der Waals surface area contributed by atoms with Gasteiger partial charge in [0, 0.05) is 5.02 Å². The Hall–Kier alpha value is -3.23. The maximum atomic E-state index is 12.6. The summed E-state index contributed by atoms with van der Waals surface area (Å²) in [5.41, 5.74) is 1.74. The number of halogens is 1. The van der Waals surface area contributed by atoms with Gasteiger partial charge in [-0.05, 0) is 61.0 Å². The molecule has 0 aliphatic heterocycles. The third-order valence-electron chi connectivity index (χ3n) is 4.31. The normalized spacial score (nSPS) is 10.9. The number of carbonyl (C=O) groups excluding carboxylic acids is 1. The molecule has 0 saturated heterocycles. The van der Waals surface area contributed by atoms with Gasteiger partial charge in [0.1, 0.15) is 11.5 Å². The molecule has 0 saturated carbocycles. The lowest BCUT2D eigenvalue weighted by atomic mass is 10.2. The number of nitrogens with one attached hydrogen (secondary N) is 2. The zero-order chi connectivity index (χ0) is 22.4. The van der Waals surface area contributed by atoms with Crippen LogP contribution >= 0.6 is 11.6 Å². The van der Waals surface area contributed by atoms with Gasteiger partial charge in [0.25, 0.3) is 15.9 Å². The Morgan fingerprint density at radius 1 is 1.03 bits per heavy atom. The van der Waals surface area contributed by atoms with Gasteiger partial charge in [0.2, 0.25) is 0 Å². The number of carbonyl (C=O) groups is 1. The molecule has 3 aromatic carbocycles. The molecule has 3 rings (SSSR count). The minimum Gasteiger partial charge on any atom is -0.495 e. The molecule has 9 heteroatoms. The van der Waals surface area contributed by atoms with Crippen LogP contribution in [-0.4, -0.2) is 28.0 Å². The van der Waals surface area contributed by atoms with Crippen molar-refractivity contribution in [1.29, 1.82) is 0 Å². The Kier molecular flexibility index (Phi) is 7.04. The summed E-state index contributed by atoms with van der Waals surface area (Å²) in [5.74, 6) is 0.513. The molecule has 0 radical (unpaired) electrons. The summed E-state index contributed by atoms with van der Waals surface area (Å²) in [6.07, 6.45) is 0. The number of sulfonamides is 1. The molecular weight excluding hydrogens is 440 g/mol. The monoisotopic (exact) mass is 460 g/mol. The molecule has 0 heterocycles. The highest BCUT2D eigenvalue weighted by Crippen LogP contribution is 2.24. The molecule has 0 fully saturated rings. The first kappa shape index (κ1) is 22.5. The van der Waals surface area contributed by atoms with E-state index in [0.717, 1.165) is 5.56 Å². The third-order valence-corrected chi connectivity index (χ3v) is 6.11. The Morgan fingerprint density at radius 2 is 1.74 bits per heavy atom. The highest BCUT2D eigenvalue weighted by Gasteiger charge is 2.15. The van der Waals surface area contributed by atoms with Crippen molar-refractivity contribution < 1.29 is 22.7 Å². The molecule has 7 nitrogen and oxygen atoms in total. The van der Waals surface area contributed by atoms with Crippen LogP contribution < -0.4 is 19.5 Å². The van der Waals surface area contributed by atoms with Crippen molar-refractivity contribution in [3.8, 4) is 11.5 Å². The van der Waals surface area contributed by atoms with Gasteiger partial charge in [0.05, 0.1) is 23.4 Å². The molecule has 0 bridgehead atoms. The molecule has 31 heavy (non-hydrogen) atoms. The van der Waals surface area contributed by atoms with E-state index in [1.165, 1.54) is 31.4 Å². The Balaban J connectivity index is 1.60. The van der Waals surface area contributed by atoms with E-state index in [9.17, 15) is 13.2 Å². The molecule has 0 spiro atoms. The first-order chi connectivity index (χ1) is 14.8. The van der Waals surface area contributed by atoms with E-state index >= 15 is 0 Å². The fourth-order valence-corrected chi connectivity index (χ4v) is 3.90. The summed E-state index contributed by atoms with van der Waals surface area (Å²) in [6, 6.07) is 17.7. The fourth-order valence-electron chi connectivity index (χ4n) is 2.67. The SMILES string of the molecule is COc1ccccc1NC(=O)COc1ccc(S(=O)(=O)Nc2ccc(C)c(Cl)c2)cc1. The molecule has 0 aromatic heterocycles. The molecule has 2 N–H and O–H groups in total. The third kappa shape index (κ3) is 5.90. The van der Waals surface area contributed by atoms with Crippen LogP contribution in [0.5, 0.6) is 11.5 Å². The number of anilines is 2. The quantitative estimate of drug-likeness (QED) is 0.517. The molecule has 162 valence electrons. The van der Waals surface area contributed by atoms with Crippen LogP contribution in [0.15, 0.2) is 71.6 Å². The van der Waals surface area contributed by atoms with Crippen molar-refractivity contribution in [2.75, 3.05) is 23.8 Å². The summed E-state index contributed by atoms with van der Waals surface area (Å²) in [5, 5.41) is 3.17. The Morgan fingerprint density at radius 3 is 2.42 bits per heavy atom. The van der Waals surface area contributed by atoms with Gasteiger partial charge in [-0.2, -0.15) is 0 Å². The van der Waals surface area contributed by atoms with E-state index in [0.29, 0.717) is 27.9 Å². The van der Waals surface area contributed by atoms with E-state index in [-0.39, 0.29) is 17.4 Å². The van der Waals surface area contributed by atoms with Crippen LogP contribution in [0.2, 0.25) is 5.02 Å². The van der Waals surface area contributed by atoms with Gasteiger partial charge in [-0.15, -0.1) is 0 Å². The number of para-hydroxylation sites is 2. The average molecular weight is 461 g/mol. The molecule has 1 amide bonds. The second kappa shape index (κ2) is 9.72. The molecule has 3 aromatic rings. The van der Waals surface area contributed by atoms with Crippen LogP contribution in [0.25, 0.3) is 0 Å². The van der Waals surface area contributed by atoms with Gasteiger partial charge in [-0.3, -0.25) is 9.52 Å². The zero-order valence-electron chi connectivity index (χ0n) is 16.9. The predicted octanol–water partition coefficient (Wildman–Crippen LogP) is 4.48. The van der Waals surface area contributed by atoms with E-state index in [2.05, 4.69) is 10.0 Å². The van der Waals surface area contributed by atoms with Crippen molar-refractivity contribution in [2.45, 2.75) is 11.8 Å². The number of aryl methyl sites for hydroxylation is 1. The number of amides is 1. The highest BCUT2D eigenvalue weighted by atomic mass is 35.5. The van der Waals surface area contributed by atoms with E-state index in [4.69, 9.17) is 21.1 Å². The number of methoxy groups -OCH3 is 1. The summed E-state index contributed by atoms with van der Waals surface area (Å²) in [4.78, 5) is 12.2.